The molecule has 8 heteroatoms. The minimum absolute atomic E-state index is 0.00321. The minimum Gasteiger partial charge on any atom is -0.460 e. The highest BCUT2D eigenvalue weighted by Gasteiger charge is 2.20. The second-order valence-electron chi connectivity index (χ2n) is 9.08. The third-order valence-electron chi connectivity index (χ3n) is 5.07. The maximum Gasteiger partial charge on any atom is 0.312 e. The number of aryl methyl sites for hydroxylation is 1. The van der Waals surface area contributed by atoms with Crippen molar-refractivity contribution < 1.29 is 14.3 Å². The smallest absolute Gasteiger partial charge is 0.312 e. The summed E-state index contributed by atoms with van der Waals surface area (Å²) in [7, 11) is 1.71. The van der Waals surface area contributed by atoms with Crippen molar-refractivity contribution in [1.29, 1.82) is 0 Å². The second kappa shape index (κ2) is 8.54. The highest BCUT2D eigenvalue weighted by atomic mass is 16.6. The zero-order chi connectivity index (χ0) is 23.8. The van der Waals surface area contributed by atoms with E-state index in [9.17, 15) is 9.59 Å². The lowest BCUT2D eigenvalue weighted by Gasteiger charge is -2.18. The third kappa shape index (κ3) is 5.28. The van der Waals surface area contributed by atoms with E-state index in [0.717, 1.165) is 28.9 Å². The number of aromatic nitrogens is 2. The van der Waals surface area contributed by atoms with E-state index in [-0.39, 0.29) is 24.1 Å². The van der Waals surface area contributed by atoms with Crippen molar-refractivity contribution in [2.24, 2.45) is 12.0 Å². The number of nitrogens with one attached hydrogen (secondary N) is 1. The topological polar surface area (TPSA) is 112 Å². The molecule has 0 unspecified atom stereocenters. The first-order valence-electron chi connectivity index (χ1n) is 10.7. The molecule has 0 fully saturated rings. The van der Waals surface area contributed by atoms with Crippen LogP contribution in [0.3, 0.4) is 0 Å². The number of nitrogen functional groups attached to an aromatic ring is 1. The van der Waals surface area contributed by atoms with Crippen LogP contribution in [0.5, 0.6) is 0 Å². The zero-order valence-corrected chi connectivity index (χ0v) is 19.2. The fourth-order valence-corrected chi connectivity index (χ4v) is 3.65. The van der Waals surface area contributed by atoms with Gasteiger partial charge in [0.15, 0.2) is 5.82 Å². The highest BCUT2D eigenvalue weighted by Crippen LogP contribution is 2.30. The van der Waals surface area contributed by atoms with E-state index < -0.39 is 5.60 Å². The molecule has 2 aromatic carbocycles. The minimum atomic E-state index is -0.571. The molecule has 0 bridgehead atoms. The van der Waals surface area contributed by atoms with Crippen molar-refractivity contribution in [2.75, 3.05) is 11.1 Å². The predicted molar refractivity (Wildman–Crippen MR) is 128 cm³/mol. The Labute approximate surface area is 192 Å². The average Bonchev–Trinajstić information content (AvgIpc) is 3.29. The molecule has 170 valence electrons. The van der Waals surface area contributed by atoms with E-state index in [1.165, 1.54) is 0 Å². The summed E-state index contributed by atoms with van der Waals surface area (Å²) < 4.78 is 6.92. The van der Waals surface area contributed by atoms with Crippen molar-refractivity contribution in [2.45, 2.75) is 39.2 Å². The summed E-state index contributed by atoms with van der Waals surface area (Å²) in [5.41, 5.74) is 11.1. The zero-order valence-electron chi connectivity index (χ0n) is 19.2. The number of fused-ring (bicyclic) bond motifs is 1. The fraction of sp³-hybridized carbons (Fsp3) is 0.280. The molecule has 0 aliphatic carbocycles. The van der Waals surface area contributed by atoms with Crippen LogP contribution in [0.15, 0.2) is 53.7 Å². The van der Waals surface area contributed by atoms with Crippen molar-refractivity contribution >= 4 is 34.7 Å². The number of nitrogens with zero attached hydrogens (tertiary/aromatic N) is 3. The number of aliphatic imine (C=N–C) groups is 1. The van der Waals surface area contributed by atoms with Gasteiger partial charge in [-0.25, -0.2) is 4.98 Å². The van der Waals surface area contributed by atoms with Crippen LogP contribution < -0.4 is 11.1 Å². The van der Waals surface area contributed by atoms with Gasteiger partial charge in [0.2, 0.25) is 0 Å². The number of carbonyl (C=O) groups excluding carboxylic acids is 2. The molecule has 3 aromatic rings. The summed E-state index contributed by atoms with van der Waals surface area (Å²) in [6.07, 6.45) is 2.41. The van der Waals surface area contributed by atoms with Crippen molar-refractivity contribution in [3.8, 4) is 0 Å². The molecule has 33 heavy (non-hydrogen) atoms. The molecular formula is C25H27N5O3. The number of ether oxygens (including phenoxy) is 1. The first-order chi connectivity index (χ1) is 15.6. The molecule has 0 atom stereocenters. The van der Waals surface area contributed by atoms with Crippen LogP contribution in [0.25, 0.3) is 0 Å². The molecule has 1 aliphatic heterocycles. The summed E-state index contributed by atoms with van der Waals surface area (Å²) in [5, 5.41) is 2.85. The number of hydrogen-bond donors (Lipinski definition) is 2. The lowest BCUT2D eigenvalue weighted by Crippen LogP contribution is -2.25. The number of imidazole rings is 1. The first-order valence-corrected chi connectivity index (χ1v) is 10.7. The van der Waals surface area contributed by atoms with Crippen LogP contribution >= 0.6 is 0 Å². The van der Waals surface area contributed by atoms with Gasteiger partial charge in [-0.15, -0.1) is 0 Å². The van der Waals surface area contributed by atoms with Gasteiger partial charge in [0.1, 0.15) is 5.60 Å². The monoisotopic (exact) mass is 445 g/mol. The van der Waals surface area contributed by atoms with Gasteiger partial charge in [0.05, 0.1) is 23.5 Å². The van der Waals surface area contributed by atoms with Crippen LogP contribution in [0.2, 0.25) is 0 Å². The number of nitrogens with two attached hydrogens (primary N) is 1. The van der Waals surface area contributed by atoms with E-state index >= 15 is 0 Å². The van der Waals surface area contributed by atoms with Gasteiger partial charge >= 0.3 is 5.97 Å². The average molecular weight is 446 g/mol. The van der Waals surface area contributed by atoms with Crippen molar-refractivity contribution in [3.63, 3.8) is 0 Å². The van der Waals surface area contributed by atoms with E-state index in [0.29, 0.717) is 17.1 Å². The lowest BCUT2D eigenvalue weighted by molar-refractivity contribution is -0.154. The van der Waals surface area contributed by atoms with Gasteiger partial charge in [-0.05, 0) is 56.2 Å². The Hall–Kier alpha value is -3.94. The number of esters is 1. The number of anilines is 2. The fourth-order valence-electron chi connectivity index (χ4n) is 3.65. The molecule has 1 aromatic heterocycles. The molecular weight excluding hydrogens is 418 g/mol. The van der Waals surface area contributed by atoms with Crippen LogP contribution in [0.4, 0.5) is 17.1 Å². The highest BCUT2D eigenvalue weighted by molar-refractivity contribution is 6.07. The normalized spacial score (nSPS) is 12.8. The third-order valence-corrected chi connectivity index (χ3v) is 5.07. The van der Waals surface area contributed by atoms with Gasteiger partial charge < -0.3 is 20.4 Å². The van der Waals surface area contributed by atoms with Gasteiger partial charge in [0.25, 0.3) is 5.91 Å². The summed E-state index contributed by atoms with van der Waals surface area (Å²) >= 11 is 0. The summed E-state index contributed by atoms with van der Waals surface area (Å²) in [5.74, 6) is -0.532. The van der Waals surface area contributed by atoms with E-state index in [1.807, 2.05) is 63.2 Å². The number of hydrogen-bond acceptors (Lipinski definition) is 6. The van der Waals surface area contributed by atoms with Gasteiger partial charge in [-0.1, -0.05) is 18.2 Å². The van der Waals surface area contributed by atoms with E-state index in [2.05, 4.69) is 15.3 Å². The van der Waals surface area contributed by atoms with Gasteiger partial charge in [0, 0.05) is 31.0 Å². The molecule has 0 spiro atoms. The van der Waals surface area contributed by atoms with Crippen molar-refractivity contribution in [1.82, 2.24) is 9.55 Å². The molecule has 8 nitrogen and oxygen atoms in total. The first kappa shape index (κ1) is 22.3. The number of carbonyl (C=O) groups is 2. The molecule has 4 rings (SSSR count). The Morgan fingerprint density at radius 3 is 2.58 bits per heavy atom. The Morgan fingerprint density at radius 1 is 1.15 bits per heavy atom. The molecule has 2 heterocycles. The Balaban J connectivity index is 1.41. The number of amides is 1. The Morgan fingerprint density at radius 2 is 1.88 bits per heavy atom. The SMILES string of the molecule is Cn1cc(CC(=O)OC(C)(C)C)nc1C(=O)Nc1ccc(C2=Nc3cc(N)ccc3C2)cc1. The Bertz CT molecular complexity index is 1250. The van der Waals surface area contributed by atoms with Crippen LogP contribution in [0, 0.1) is 0 Å². The van der Waals surface area contributed by atoms with E-state index in [1.54, 1.807) is 17.8 Å². The van der Waals surface area contributed by atoms with Crippen molar-refractivity contribution in [3.05, 3.63) is 71.3 Å². The maximum atomic E-state index is 12.7. The van der Waals surface area contributed by atoms with Gasteiger partial charge in [-0.2, -0.15) is 0 Å². The summed E-state index contributed by atoms with van der Waals surface area (Å²) in [6.45, 7) is 5.42. The second-order valence-corrected chi connectivity index (χ2v) is 9.08. The molecule has 1 aliphatic rings. The number of benzene rings is 2. The predicted octanol–water partition coefficient (Wildman–Crippen LogP) is 3.82. The molecule has 0 saturated carbocycles. The molecule has 3 N–H and O–H groups in total. The maximum absolute atomic E-state index is 12.7. The number of rotatable bonds is 5. The molecule has 0 saturated heterocycles. The molecule has 0 radical (unpaired) electrons. The van der Waals surface area contributed by atoms with Crippen LogP contribution in [-0.4, -0.2) is 32.7 Å². The van der Waals surface area contributed by atoms with Crippen LogP contribution in [0.1, 0.15) is 48.2 Å². The summed E-state index contributed by atoms with van der Waals surface area (Å²) in [4.78, 5) is 33.8. The quantitative estimate of drug-likeness (QED) is 0.458. The molecule has 1 amide bonds. The lowest BCUT2D eigenvalue weighted by atomic mass is 10.0. The standard InChI is InChI=1S/C25H27N5O3/c1-25(2,3)33-22(31)13-19-14-30(4)23(27-19)24(32)28-18-9-6-15(7-10-18)20-11-16-5-8-17(26)12-21(16)29-20/h5-10,12,14H,11,13,26H2,1-4H3,(H,28,32). The van der Waals surface area contributed by atoms with Gasteiger partial charge in [-0.3, -0.25) is 14.6 Å². The van der Waals surface area contributed by atoms with E-state index in [4.69, 9.17) is 10.5 Å². The Kier molecular flexibility index (Phi) is 5.76. The van der Waals surface area contributed by atoms with Crippen LogP contribution in [-0.2, 0) is 29.4 Å². The summed E-state index contributed by atoms with van der Waals surface area (Å²) in [6, 6.07) is 13.3. The largest absolute Gasteiger partial charge is 0.460 e.